The third kappa shape index (κ3) is 9.32. The monoisotopic (exact) mass is 490 g/mol. The minimum atomic E-state index is -1.09. The zero-order valence-corrected chi connectivity index (χ0v) is 21.3. The van der Waals surface area contributed by atoms with Crippen LogP contribution in [0.25, 0.3) is 11.2 Å². The molecule has 8 nitrogen and oxygen atoms in total. The minimum Gasteiger partial charge on any atom is -0.361 e. The van der Waals surface area contributed by atoms with E-state index in [9.17, 15) is 4.79 Å². The van der Waals surface area contributed by atoms with Crippen LogP contribution in [0.3, 0.4) is 0 Å². The average Bonchev–Trinajstić information content (AvgIpc) is 3.07. The number of ether oxygens (including phenoxy) is 1. The van der Waals surface area contributed by atoms with Crippen LogP contribution in [0.5, 0.6) is 0 Å². The molecule has 0 aliphatic carbocycles. The number of hydrogen-bond acceptors (Lipinski definition) is 5. The third-order valence-electron chi connectivity index (χ3n) is 5.12. The van der Waals surface area contributed by atoms with E-state index in [2.05, 4.69) is 45.6 Å². The lowest BCUT2D eigenvalue weighted by Crippen LogP contribution is -2.38. The van der Waals surface area contributed by atoms with Gasteiger partial charge in [0, 0.05) is 33.5 Å². The molecule has 2 aromatic heterocycles. The molecule has 1 saturated heterocycles. The van der Waals surface area contributed by atoms with E-state index in [1.807, 2.05) is 16.8 Å². The highest BCUT2D eigenvalue weighted by Crippen LogP contribution is 2.15. The van der Waals surface area contributed by atoms with Gasteiger partial charge in [-0.1, -0.05) is 26.1 Å². The fourth-order valence-corrected chi connectivity index (χ4v) is 4.11. The van der Waals surface area contributed by atoms with E-state index in [4.69, 9.17) is 4.74 Å². The Hall–Kier alpha value is -1.39. The van der Waals surface area contributed by atoms with Gasteiger partial charge in [0.05, 0.1) is 6.20 Å². The van der Waals surface area contributed by atoms with E-state index in [0.29, 0.717) is 25.1 Å². The number of aromatic nitrogens is 3. The molecule has 0 bridgehead atoms. The molecule has 1 aliphatic heterocycles. The maximum absolute atomic E-state index is 12.1. The van der Waals surface area contributed by atoms with Crippen LogP contribution in [0.15, 0.2) is 18.5 Å². The molecule has 3 rings (SSSR count). The third-order valence-corrected chi connectivity index (χ3v) is 6.83. The van der Waals surface area contributed by atoms with Crippen molar-refractivity contribution in [3.05, 3.63) is 18.5 Å². The van der Waals surface area contributed by atoms with Crippen LogP contribution in [-0.2, 0) is 11.5 Å². The Bertz CT molecular complexity index is 809. The maximum Gasteiger partial charge on any atom is 0.320 e. The van der Waals surface area contributed by atoms with Gasteiger partial charge in [-0.3, -0.25) is 5.32 Å². The van der Waals surface area contributed by atoms with Gasteiger partial charge in [0.25, 0.3) is 0 Å². The van der Waals surface area contributed by atoms with E-state index >= 15 is 0 Å². The lowest BCUT2D eigenvalue weighted by Gasteiger charge is -2.23. The predicted molar refractivity (Wildman–Crippen MR) is 133 cm³/mol. The van der Waals surface area contributed by atoms with E-state index in [1.165, 1.54) is 19.3 Å². The summed E-state index contributed by atoms with van der Waals surface area (Å²) in [7, 11) is -1.09. The molecule has 3 heterocycles. The van der Waals surface area contributed by atoms with Crippen molar-refractivity contribution in [3.8, 4) is 0 Å². The fraction of sp³-hybridized carbons (Fsp3) is 0.650. The van der Waals surface area contributed by atoms with Crippen LogP contribution in [0, 0.1) is 0 Å². The number of carbonyl (C=O) groups is 1. The van der Waals surface area contributed by atoms with Crippen molar-refractivity contribution in [2.45, 2.75) is 64.1 Å². The van der Waals surface area contributed by atoms with E-state index in [1.54, 1.807) is 6.20 Å². The zero-order chi connectivity index (χ0) is 20.7. The second kappa shape index (κ2) is 13.2. The SMILES string of the molecule is C[Si](C)(C)CCOCn1ccc2nc(NC(=O)NCCC3CCCCN3)cnc21.Cl.Cl. The summed E-state index contributed by atoms with van der Waals surface area (Å²) in [6, 6.07) is 3.29. The second-order valence-corrected chi connectivity index (χ2v) is 14.5. The molecule has 0 spiro atoms. The standard InChI is InChI=1S/C20H34N6O2Si.2ClH/c1-29(2,3)13-12-28-15-26-11-8-17-19(26)23-14-18(24-17)25-20(27)22-10-7-16-6-4-5-9-21-16;;/h8,11,14,16,21H,4-7,9-10,12-13,15H2,1-3H3,(H2,22,24,25,27);2*1H. The van der Waals surface area contributed by atoms with Crippen molar-refractivity contribution in [1.82, 2.24) is 25.2 Å². The lowest BCUT2D eigenvalue weighted by atomic mass is 10.0. The van der Waals surface area contributed by atoms with Gasteiger partial charge in [-0.15, -0.1) is 24.8 Å². The molecule has 2 amide bonds. The van der Waals surface area contributed by atoms with Crippen LogP contribution in [0.4, 0.5) is 10.6 Å². The first-order valence-electron chi connectivity index (χ1n) is 10.6. The van der Waals surface area contributed by atoms with Crippen molar-refractivity contribution in [2.75, 3.05) is 25.0 Å². The number of halogens is 2. The zero-order valence-electron chi connectivity index (χ0n) is 18.6. The van der Waals surface area contributed by atoms with Gasteiger partial charge < -0.3 is 19.9 Å². The molecule has 3 N–H and O–H groups in total. The number of urea groups is 1. The largest absolute Gasteiger partial charge is 0.361 e. The van der Waals surface area contributed by atoms with Crippen LogP contribution >= 0.6 is 24.8 Å². The first kappa shape index (κ1) is 27.6. The smallest absolute Gasteiger partial charge is 0.320 e. The number of carbonyl (C=O) groups excluding carboxylic acids is 1. The van der Waals surface area contributed by atoms with Crippen molar-refractivity contribution in [2.24, 2.45) is 0 Å². The first-order chi connectivity index (χ1) is 13.9. The highest BCUT2D eigenvalue weighted by molar-refractivity contribution is 6.76. The summed E-state index contributed by atoms with van der Waals surface area (Å²) in [5.41, 5.74) is 1.50. The number of fused-ring (bicyclic) bond motifs is 1. The summed E-state index contributed by atoms with van der Waals surface area (Å²) in [6.07, 6.45) is 8.15. The van der Waals surface area contributed by atoms with Crippen molar-refractivity contribution in [1.29, 1.82) is 0 Å². The molecule has 1 fully saturated rings. The highest BCUT2D eigenvalue weighted by atomic mass is 35.5. The summed E-state index contributed by atoms with van der Waals surface area (Å²) in [5.74, 6) is 0.447. The number of nitrogens with zero attached hydrogens (tertiary/aromatic N) is 3. The van der Waals surface area contributed by atoms with Gasteiger partial charge >= 0.3 is 6.03 Å². The fourth-order valence-electron chi connectivity index (χ4n) is 3.36. The molecule has 1 unspecified atom stereocenters. The average molecular weight is 492 g/mol. The molecule has 0 radical (unpaired) electrons. The molecule has 1 aliphatic rings. The Morgan fingerprint density at radius 2 is 2.13 bits per heavy atom. The highest BCUT2D eigenvalue weighted by Gasteiger charge is 2.14. The van der Waals surface area contributed by atoms with Crippen LogP contribution in [-0.4, -0.2) is 54.4 Å². The Labute approximate surface area is 198 Å². The minimum absolute atomic E-state index is 0. The number of nitrogens with one attached hydrogen (secondary N) is 3. The van der Waals surface area contributed by atoms with E-state index in [-0.39, 0.29) is 30.8 Å². The van der Waals surface area contributed by atoms with Crippen molar-refractivity contribution < 1.29 is 9.53 Å². The second-order valence-electron chi connectivity index (χ2n) is 8.91. The molecule has 1 atom stereocenters. The molecule has 11 heteroatoms. The van der Waals surface area contributed by atoms with Crippen LogP contribution in [0.1, 0.15) is 25.7 Å². The predicted octanol–water partition coefficient (Wildman–Crippen LogP) is 4.24. The number of rotatable bonds is 9. The van der Waals surface area contributed by atoms with E-state index in [0.717, 1.165) is 36.8 Å². The van der Waals surface area contributed by atoms with Crippen LogP contribution in [0.2, 0.25) is 25.7 Å². The number of amides is 2. The van der Waals surface area contributed by atoms with Gasteiger partial charge in [-0.2, -0.15) is 0 Å². The Morgan fingerprint density at radius 1 is 1.32 bits per heavy atom. The maximum atomic E-state index is 12.1. The summed E-state index contributed by atoms with van der Waals surface area (Å²) < 4.78 is 7.73. The summed E-state index contributed by atoms with van der Waals surface area (Å²) in [5, 5.41) is 9.15. The molecule has 0 saturated carbocycles. The normalized spacial score (nSPS) is 16.3. The molecule has 2 aromatic rings. The number of anilines is 1. The van der Waals surface area contributed by atoms with Gasteiger partial charge in [-0.05, 0) is 37.9 Å². The van der Waals surface area contributed by atoms with Crippen LogP contribution < -0.4 is 16.0 Å². The summed E-state index contributed by atoms with van der Waals surface area (Å²) in [6.45, 7) is 9.96. The first-order valence-corrected chi connectivity index (χ1v) is 14.3. The van der Waals surface area contributed by atoms with Gasteiger partial charge in [0.1, 0.15) is 12.2 Å². The number of hydrogen-bond donors (Lipinski definition) is 3. The molecular formula is C20H36Cl2N6O2Si. The Balaban J connectivity index is 0.00000240. The molecule has 31 heavy (non-hydrogen) atoms. The molecular weight excluding hydrogens is 455 g/mol. The van der Waals surface area contributed by atoms with Crippen molar-refractivity contribution >= 4 is 55.9 Å². The van der Waals surface area contributed by atoms with Gasteiger partial charge in [0.15, 0.2) is 11.5 Å². The van der Waals surface area contributed by atoms with Gasteiger partial charge in [-0.25, -0.2) is 14.8 Å². The Kier molecular flexibility index (Phi) is 11.8. The lowest BCUT2D eigenvalue weighted by molar-refractivity contribution is 0.0899. The molecule has 0 aromatic carbocycles. The summed E-state index contributed by atoms with van der Waals surface area (Å²) >= 11 is 0. The quantitative estimate of drug-likeness (QED) is 0.360. The van der Waals surface area contributed by atoms with Gasteiger partial charge in [0.2, 0.25) is 0 Å². The molecule has 176 valence electrons. The topological polar surface area (TPSA) is 93.1 Å². The van der Waals surface area contributed by atoms with E-state index < -0.39 is 8.07 Å². The Morgan fingerprint density at radius 3 is 2.84 bits per heavy atom. The summed E-state index contributed by atoms with van der Waals surface area (Å²) in [4.78, 5) is 21.1. The van der Waals surface area contributed by atoms with Crippen molar-refractivity contribution in [3.63, 3.8) is 0 Å². The number of piperidine rings is 1.